The van der Waals surface area contributed by atoms with E-state index in [0.717, 1.165) is 81.6 Å². The molecule has 0 atom stereocenters. The van der Waals surface area contributed by atoms with E-state index in [-0.39, 0.29) is 22.8 Å². The molecular formula is C48H50N8O4. The Morgan fingerprint density at radius 3 is 0.917 bits per heavy atom. The lowest BCUT2D eigenvalue weighted by atomic mass is 9.97. The van der Waals surface area contributed by atoms with Crippen LogP contribution in [0.5, 0.6) is 0 Å². The molecule has 0 fully saturated rings. The highest BCUT2D eigenvalue weighted by Gasteiger charge is 2.19. The molecule has 0 saturated carbocycles. The van der Waals surface area contributed by atoms with Crippen LogP contribution in [-0.4, -0.2) is 43.6 Å². The number of hydrogen-bond donors (Lipinski definition) is 4. The lowest BCUT2D eigenvalue weighted by Gasteiger charge is -2.15. The van der Waals surface area contributed by atoms with Gasteiger partial charge in [0, 0.05) is 47.5 Å². The molecule has 4 aromatic heterocycles. The van der Waals surface area contributed by atoms with Crippen LogP contribution in [0.2, 0.25) is 0 Å². The van der Waals surface area contributed by atoms with Gasteiger partial charge in [-0.1, -0.05) is 36.4 Å². The molecule has 0 aliphatic carbocycles. The third kappa shape index (κ3) is 10.1. The van der Waals surface area contributed by atoms with Gasteiger partial charge in [-0.2, -0.15) is 0 Å². The van der Waals surface area contributed by atoms with Crippen molar-refractivity contribution >= 4 is 46.4 Å². The van der Waals surface area contributed by atoms with Crippen LogP contribution in [0.15, 0.2) is 85.5 Å². The maximum Gasteiger partial charge on any atom is 0.274 e. The Kier molecular flexibility index (Phi) is 13.2. The van der Waals surface area contributed by atoms with E-state index in [1.165, 1.54) is 11.1 Å². The summed E-state index contributed by atoms with van der Waals surface area (Å²) in [5.41, 5.74) is 12.9. The largest absolute Gasteiger partial charge is 0.320 e. The van der Waals surface area contributed by atoms with E-state index < -0.39 is 23.6 Å². The molecule has 0 spiro atoms. The molecule has 0 aliphatic rings. The minimum absolute atomic E-state index is 0.140. The summed E-state index contributed by atoms with van der Waals surface area (Å²) in [7, 11) is 0. The fourth-order valence-electron chi connectivity index (χ4n) is 7.33. The van der Waals surface area contributed by atoms with Crippen LogP contribution < -0.4 is 21.3 Å². The Hall–Kier alpha value is -7.08. The Morgan fingerprint density at radius 1 is 0.400 bits per heavy atom. The van der Waals surface area contributed by atoms with Crippen LogP contribution in [0.25, 0.3) is 0 Å². The van der Waals surface area contributed by atoms with E-state index in [2.05, 4.69) is 65.5 Å². The topological polar surface area (TPSA) is 168 Å². The number of rotatable bonds is 13. The third-order valence-electron chi connectivity index (χ3n) is 10.4. The normalized spacial score (nSPS) is 10.9. The summed E-state index contributed by atoms with van der Waals surface area (Å²) in [5, 5.41) is 11.8. The molecule has 4 heterocycles. The van der Waals surface area contributed by atoms with Crippen molar-refractivity contribution < 1.29 is 19.2 Å². The summed E-state index contributed by atoms with van der Waals surface area (Å²) in [6, 6.07) is 18.1. The smallest absolute Gasteiger partial charge is 0.274 e. The van der Waals surface area contributed by atoms with Gasteiger partial charge in [0.2, 0.25) is 0 Å². The van der Waals surface area contributed by atoms with Crippen molar-refractivity contribution in [2.75, 3.05) is 21.3 Å². The van der Waals surface area contributed by atoms with Crippen molar-refractivity contribution in [2.24, 2.45) is 0 Å². The van der Waals surface area contributed by atoms with Gasteiger partial charge in [-0.3, -0.25) is 29.1 Å². The predicted octanol–water partition coefficient (Wildman–Crippen LogP) is 9.31. The molecule has 0 saturated heterocycles. The Labute approximate surface area is 350 Å². The first kappa shape index (κ1) is 42.5. The summed E-state index contributed by atoms with van der Waals surface area (Å²) in [5.74, 6) is -1.60. The standard InChI is InChI=1S/C48H50N8O4/c1-27-19-35(20-28(2)41(27)53-45(57)37-15-11-17-39(51-37)47(59)55-43-31(5)23-49-24-32(43)6)13-9-10-14-36-21-29(3)42(30(4)22-36)54-46(58)38-16-12-18-40(52-38)48(60)56-44-33(7)25-50-26-34(44)8/h11-12,15-26H,9-10,13-14H2,1-8H3,(H,53,57)(H,54,58)(H,49,55,59)(H,50,56,60). The fraction of sp³-hybridized carbons (Fsp3) is 0.250. The van der Waals surface area contributed by atoms with E-state index >= 15 is 0 Å². The number of amides is 4. The highest BCUT2D eigenvalue weighted by atomic mass is 16.2. The van der Waals surface area contributed by atoms with Crippen molar-refractivity contribution in [2.45, 2.75) is 81.1 Å². The van der Waals surface area contributed by atoms with Crippen LogP contribution in [0.3, 0.4) is 0 Å². The van der Waals surface area contributed by atoms with E-state index in [9.17, 15) is 19.2 Å². The Balaban J connectivity index is 1.01. The average molecular weight is 803 g/mol. The zero-order chi connectivity index (χ0) is 43.1. The lowest BCUT2D eigenvalue weighted by molar-refractivity contribution is 0.0998. The van der Waals surface area contributed by atoms with Gasteiger partial charge in [-0.05, 0) is 161 Å². The molecule has 4 N–H and O–H groups in total. The fourth-order valence-corrected chi connectivity index (χ4v) is 7.33. The second kappa shape index (κ2) is 18.7. The first-order valence-electron chi connectivity index (χ1n) is 19.9. The summed E-state index contributed by atoms with van der Waals surface area (Å²) >= 11 is 0. The number of anilines is 4. The lowest BCUT2D eigenvalue weighted by Crippen LogP contribution is -2.20. The van der Waals surface area contributed by atoms with Crippen molar-refractivity contribution in [3.05, 3.63) is 164 Å². The number of carbonyl (C=O) groups excluding carboxylic acids is 4. The van der Waals surface area contributed by atoms with Gasteiger partial charge in [0.05, 0.1) is 0 Å². The molecule has 0 aliphatic heterocycles. The minimum Gasteiger partial charge on any atom is -0.320 e. The molecule has 0 unspecified atom stereocenters. The van der Waals surface area contributed by atoms with Crippen molar-refractivity contribution in [3.63, 3.8) is 0 Å². The summed E-state index contributed by atoms with van der Waals surface area (Å²) < 4.78 is 0. The monoisotopic (exact) mass is 802 g/mol. The third-order valence-corrected chi connectivity index (χ3v) is 10.4. The van der Waals surface area contributed by atoms with E-state index in [4.69, 9.17) is 0 Å². The maximum atomic E-state index is 13.3. The van der Waals surface area contributed by atoms with Gasteiger partial charge in [0.25, 0.3) is 23.6 Å². The molecule has 4 amide bonds. The minimum atomic E-state index is -0.405. The molecular weight excluding hydrogens is 753 g/mol. The number of aryl methyl sites for hydroxylation is 10. The molecule has 12 heteroatoms. The first-order valence-corrected chi connectivity index (χ1v) is 19.9. The van der Waals surface area contributed by atoms with Crippen LogP contribution in [0, 0.1) is 55.4 Å². The molecule has 306 valence electrons. The zero-order valence-electron chi connectivity index (χ0n) is 35.3. The van der Waals surface area contributed by atoms with E-state index in [0.29, 0.717) is 11.4 Å². The van der Waals surface area contributed by atoms with E-state index in [1.807, 2.05) is 55.4 Å². The van der Waals surface area contributed by atoms with Crippen molar-refractivity contribution in [3.8, 4) is 0 Å². The number of unbranched alkanes of at least 4 members (excludes halogenated alkanes) is 1. The van der Waals surface area contributed by atoms with Crippen molar-refractivity contribution in [1.29, 1.82) is 0 Å². The number of pyridine rings is 4. The Morgan fingerprint density at radius 2 is 0.650 bits per heavy atom. The summed E-state index contributed by atoms with van der Waals surface area (Å²) in [6.45, 7) is 15.4. The van der Waals surface area contributed by atoms with Gasteiger partial charge in [0.1, 0.15) is 22.8 Å². The SMILES string of the molecule is Cc1cncc(C)c1NC(=O)c1cccc(C(=O)Nc2c(C)cc(CCCCc3cc(C)c(NC(=O)c4cccc(C(=O)Nc5c(C)cncc5C)n4)c(C)c3)cc2C)n1. The number of carbonyl (C=O) groups is 4. The molecule has 0 radical (unpaired) electrons. The van der Waals surface area contributed by atoms with Gasteiger partial charge in [-0.25, -0.2) is 9.97 Å². The second-order valence-corrected chi connectivity index (χ2v) is 15.3. The molecule has 60 heavy (non-hydrogen) atoms. The molecule has 6 aromatic rings. The van der Waals surface area contributed by atoms with Gasteiger partial charge < -0.3 is 21.3 Å². The number of nitrogens with zero attached hydrogens (tertiary/aromatic N) is 4. The number of nitrogens with one attached hydrogen (secondary N) is 4. The summed E-state index contributed by atoms with van der Waals surface area (Å²) in [6.07, 6.45) is 10.4. The van der Waals surface area contributed by atoms with Gasteiger partial charge in [0.15, 0.2) is 0 Å². The number of aromatic nitrogens is 4. The van der Waals surface area contributed by atoms with Gasteiger partial charge >= 0.3 is 0 Å². The van der Waals surface area contributed by atoms with Crippen LogP contribution in [0.1, 0.15) is 110 Å². The van der Waals surface area contributed by atoms with Crippen LogP contribution in [-0.2, 0) is 12.8 Å². The first-order chi connectivity index (χ1) is 28.7. The predicted molar refractivity (Wildman–Crippen MR) is 236 cm³/mol. The number of hydrogen-bond acceptors (Lipinski definition) is 8. The molecule has 0 bridgehead atoms. The van der Waals surface area contributed by atoms with E-state index in [1.54, 1.807) is 61.2 Å². The quantitative estimate of drug-likeness (QED) is 0.0838. The Bertz CT molecular complexity index is 2370. The average Bonchev–Trinajstić information content (AvgIpc) is 3.22. The zero-order valence-corrected chi connectivity index (χ0v) is 35.3. The summed E-state index contributed by atoms with van der Waals surface area (Å²) in [4.78, 5) is 69.7. The maximum absolute atomic E-state index is 13.3. The van der Waals surface area contributed by atoms with Crippen LogP contribution >= 0.6 is 0 Å². The molecule has 2 aromatic carbocycles. The highest BCUT2D eigenvalue weighted by molar-refractivity contribution is 6.08. The molecule has 12 nitrogen and oxygen atoms in total. The van der Waals surface area contributed by atoms with Crippen molar-refractivity contribution in [1.82, 2.24) is 19.9 Å². The molecule has 6 rings (SSSR count). The second-order valence-electron chi connectivity index (χ2n) is 15.3. The highest BCUT2D eigenvalue weighted by Crippen LogP contribution is 2.27. The number of benzene rings is 2. The van der Waals surface area contributed by atoms with Crippen LogP contribution in [0.4, 0.5) is 22.7 Å². The van der Waals surface area contributed by atoms with Gasteiger partial charge in [-0.15, -0.1) is 0 Å².